The largest absolute Gasteiger partial charge is 0.323 e. The van der Waals surface area contributed by atoms with Gasteiger partial charge in [0.15, 0.2) is 5.82 Å². The van der Waals surface area contributed by atoms with Gasteiger partial charge in [0.25, 0.3) is 0 Å². The second-order valence-electron chi connectivity index (χ2n) is 4.45. The van der Waals surface area contributed by atoms with Crippen molar-refractivity contribution in [2.24, 2.45) is 5.92 Å². The number of halogens is 1. The van der Waals surface area contributed by atoms with E-state index in [1.807, 2.05) is 26.0 Å². The monoisotopic (exact) mass is 275 g/mol. The van der Waals surface area contributed by atoms with Gasteiger partial charge in [-0.2, -0.15) is 0 Å². The van der Waals surface area contributed by atoms with E-state index in [1.54, 1.807) is 24.5 Å². The van der Waals surface area contributed by atoms with Crippen molar-refractivity contribution in [2.75, 3.05) is 5.32 Å². The Labute approximate surface area is 116 Å². The molecule has 1 aromatic carbocycles. The van der Waals surface area contributed by atoms with Crippen molar-refractivity contribution in [2.45, 2.75) is 13.8 Å². The number of nitrogens with one attached hydrogen (secondary N) is 1. The molecule has 19 heavy (non-hydrogen) atoms. The highest BCUT2D eigenvalue weighted by Gasteiger charge is 2.08. The van der Waals surface area contributed by atoms with Gasteiger partial charge in [-0.1, -0.05) is 37.6 Å². The Morgan fingerprint density at radius 3 is 2.53 bits per heavy atom. The van der Waals surface area contributed by atoms with E-state index in [0.29, 0.717) is 16.5 Å². The van der Waals surface area contributed by atoms with Gasteiger partial charge in [-0.05, 0) is 12.1 Å². The van der Waals surface area contributed by atoms with Crippen LogP contribution in [-0.4, -0.2) is 15.9 Å². The van der Waals surface area contributed by atoms with Crippen molar-refractivity contribution < 1.29 is 4.79 Å². The number of benzene rings is 1. The van der Waals surface area contributed by atoms with Gasteiger partial charge in [0.2, 0.25) is 5.91 Å². The maximum atomic E-state index is 11.5. The van der Waals surface area contributed by atoms with Crippen LogP contribution in [0.25, 0.3) is 11.4 Å². The summed E-state index contributed by atoms with van der Waals surface area (Å²) in [7, 11) is 0. The molecule has 0 fully saturated rings. The number of carbonyl (C=O) groups is 1. The second-order valence-corrected chi connectivity index (χ2v) is 4.89. The molecule has 2 rings (SSSR count). The van der Waals surface area contributed by atoms with E-state index in [9.17, 15) is 4.79 Å². The average Bonchev–Trinajstić information content (AvgIpc) is 2.39. The Hall–Kier alpha value is -1.94. The SMILES string of the molecule is CC(C)C(=O)Nc1cnc(-c2cccc(Cl)c2)nc1. The molecule has 0 aliphatic carbocycles. The standard InChI is InChI=1S/C14H14ClN3O/c1-9(2)14(19)18-12-7-16-13(17-8-12)10-4-3-5-11(15)6-10/h3-9H,1-2H3,(H,18,19). The van der Waals surface area contributed by atoms with Crippen LogP contribution in [0.3, 0.4) is 0 Å². The van der Waals surface area contributed by atoms with Gasteiger partial charge in [-0.15, -0.1) is 0 Å². The van der Waals surface area contributed by atoms with Crippen LogP contribution in [0.15, 0.2) is 36.7 Å². The summed E-state index contributed by atoms with van der Waals surface area (Å²) in [5.41, 5.74) is 1.43. The fourth-order valence-corrected chi connectivity index (χ4v) is 1.65. The molecule has 98 valence electrons. The first-order valence-corrected chi connectivity index (χ1v) is 6.33. The number of hydrogen-bond donors (Lipinski definition) is 1. The predicted octanol–water partition coefficient (Wildman–Crippen LogP) is 3.39. The lowest BCUT2D eigenvalue weighted by molar-refractivity contribution is -0.118. The van der Waals surface area contributed by atoms with Crippen LogP contribution in [0.4, 0.5) is 5.69 Å². The summed E-state index contributed by atoms with van der Waals surface area (Å²) in [6.45, 7) is 3.66. The minimum absolute atomic E-state index is 0.0564. The van der Waals surface area contributed by atoms with Crippen LogP contribution in [0.1, 0.15) is 13.8 Å². The number of rotatable bonds is 3. The summed E-state index contributed by atoms with van der Waals surface area (Å²) in [5, 5.41) is 3.38. The van der Waals surface area contributed by atoms with E-state index >= 15 is 0 Å². The molecule has 2 aromatic rings. The quantitative estimate of drug-likeness (QED) is 0.934. The third-order valence-corrected chi connectivity index (χ3v) is 2.76. The van der Waals surface area contributed by atoms with Crippen molar-refractivity contribution in [3.8, 4) is 11.4 Å². The highest BCUT2D eigenvalue weighted by Crippen LogP contribution is 2.19. The lowest BCUT2D eigenvalue weighted by Gasteiger charge is -2.07. The van der Waals surface area contributed by atoms with E-state index in [-0.39, 0.29) is 11.8 Å². The molecule has 0 saturated heterocycles. The maximum Gasteiger partial charge on any atom is 0.227 e. The first-order chi connectivity index (χ1) is 9.06. The van der Waals surface area contributed by atoms with Gasteiger partial charge in [-0.3, -0.25) is 4.79 Å². The van der Waals surface area contributed by atoms with Gasteiger partial charge in [0.1, 0.15) is 0 Å². The molecule has 1 N–H and O–H groups in total. The molecule has 1 aromatic heterocycles. The number of nitrogens with zero attached hydrogens (tertiary/aromatic N) is 2. The molecule has 0 bridgehead atoms. The number of anilines is 1. The molecule has 1 amide bonds. The zero-order chi connectivity index (χ0) is 13.8. The number of hydrogen-bond acceptors (Lipinski definition) is 3. The first-order valence-electron chi connectivity index (χ1n) is 5.95. The summed E-state index contributed by atoms with van der Waals surface area (Å²) >= 11 is 5.92. The average molecular weight is 276 g/mol. The number of carbonyl (C=O) groups excluding carboxylic acids is 1. The van der Waals surface area contributed by atoms with Gasteiger partial charge in [-0.25, -0.2) is 9.97 Å². The molecular weight excluding hydrogens is 262 g/mol. The Balaban J connectivity index is 2.17. The smallest absolute Gasteiger partial charge is 0.227 e. The molecule has 0 unspecified atom stereocenters. The Bertz CT molecular complexity index is 581. The molecule has 5 heteroatoms. The van der Waals surface area contributed by atoms with E-state index in [4.69, 9.17) is 11.6 Å². The van der Waals surface area contributed by atoms with Crippen LogP contribution in [-0.2, 0) is 4.79 Å². The second kappa shape index (κ2) is 5.80. The van der Waals surface area contributed by atoms with Crippen molar-refractivity contribution in [3.05, 3.63) is 41.7 Å². The van der Waals surface area contributed by atoms with Gasteiger partial charge < -0.3 is 5.32 Å². The van der Waals surface area contributed by atoms with E-state index in [2.05, 4.69) is 15.3 Å². The van der Waals surface area contributed by atoms with E-state index in [0.717, 1.165) is 5.56 Å². The third-order valence-electron chi connectivity index (χ3n) is 2.53. The summed E-state index contributed by atoms with van der Waals surface area (Å²) in [4.78, 5) is 20.0. The molecule has 0 atom stereocenters. The highest BCUT2D eigenvalue weighted by atomic mass is 35.5. The van der Waals surface area contributed by atoms with Gasteiger partial charge >= 0.3 is 0 Å². The van der Waals surface area contributed by atoms with Gasteiger partial charge in [0, 0.05) is 16.5 Å². The van der Waals surface area contributed by atoms with Crippen LogP contribution in [0, 0.1) is 5.92 Å². The van der Waals surface area contributed by atoms with Crippen LogP contribution >= 0.6 is 11.6 Å². The summed E-state index contributed by atoms with van der Waals surface area (Å²) < 4.78 is 0. The number of amides is 1. The molecular formula is C14H14ClN3O. The minimum Gasteiger partial charge on any atom is -0.323 e. The lowest BCUT2D eigenvalue weighted by atomic mass is 10.2. The van der Waals surface area contributed by atoms with Crippen molar-refractivity contribution in [1.29, 1.82) is 0 Å². The van der Waals surface area contributed by atoms with Gasteiger partial charge in [0.05, 0.1) is 18.1 Å². The summed E-state index contributed by atoms with van der Waals surface area (Å²) in [5.74, 6) is 0.441. The van der Waals surface area contributed by atoms with Crippen molar-refractivity contribution >= 4 is 23.2 Å². The fraction of sp³-hybridized carbons (Fsp3) is 0.214. The molecule has 0 radical (unpaired) electrons. The van der Waals surface area contributed by atoms with Crippen LogP contribution < -0.4 is 5.32 Å². The van der Waals surface area contributed by atoms with E-state index in [1.165, 1.54) is 0 Å². The third kappa shape index (κ3) is 3.51. The first kappa shape index (κ1) is 13.5. The lowest BCUT2D eigenvalue weighted by Crippen LogP contribution is -2.17. The number of aromatic nitrogens is 2. The Morgan fingerprint density at radius 1 is 1.26 bits per heavy atom. The maximum absolute atomic E-state index is 11.5. The summed E-state index contributed by atoms with van der Waals surface area (Å²) in [6, 6.07) is 7.31. The van der Waals surface area contributed by atoms with Crippen LogP contribution in [0.5, 0.6) is 0 Å². The van der Waals surface area contributed by atoms with Crippen molar-refractivity contribution in [1.82, 2.24) is 9.97 Å². The topological polar surface area (TPSA) is 54.9 Å². The fourth-order valence-electron chi connectivity index (χ4n) is 1.46. The summed E-state index contributed by atoms with van der Waals surface area (Å²) in [6.07, 6.45) is 3.17. The molecule has 1 heterocycles. The predicted molar refractivity (Wildman–Crippen MR) is 75.9 cm³/mol. The molecule has 0 spiro atoms. The highest BCUT2D eigenvalue weighted by molar-refractivity contribution is 6.30. The Morgan fingerprint density at radius 2 is 1.95 bits per heavy atom. The minimum atomic E-state index is -0.0763. The Kier molecular flexibility index (Phi) is 4.12. The molecule has 4 nitrogen and oxygen atoms in total. The van der Waals surface area contributed by atoms with E-state index < -0.39 is 0 Å². The molecule has 0 saturated carbocycles. The zero-order valence-corrected chi connectivity index (χ0v) is 11.5. The van der Waals surface area contributed by atoms with Crippen molar-refractivity contribution in [3.63, 3.8) is 0 Å². The molecule has 0 aliphatic heterocycles. The normalized spacial score (nSPS) is 10.5. The molecule has 0 aliphatic rings. The van der Waals surface area contributed by atoms with Crippen LogP contribution in [0.2, 0.25) is 5.02 Å². The zero-order valence-electron chi connectivity index (χ0n) is 10.7.